The van der Waals surface area contributed by atoms with Gasteiger partial charge < -0.3 is 10.4 Å². The van der Waals surface area contributed by atoms with Gasteiger partial charge in [-0.1, -0.05) is 42.5 Å². The largest absolute Gasteiger partial charge is 0.383 e. The van der Waals surface area contributed by atoms with E-state index in [1.54, 1.807) is 6.07 Å². The second-order valence-corrected chi connectivity index (χ2v) is 6.89. The van der Waals surface area contributed by atoms with Crippen LogP contribution in [0.25, 0.3) is 0 Å². The summed E-state index contributed by atoms with van der Waals surface area (Å²) >= 11 is 2.15. The smallest absolute Gasteiger partial charge is 0.252 e. The van der Waals surface area contributed by atoms with E-state index in [0.717, 1.165) is 22.0 Å². The van der Waals surface area contributed by atoms with Crippen molar-refractivity contribution in [2.45, 2.75) is 18.4 Å². The molecule has 2 aromatic carbocycles. The van der Waals surface area contributed by atoms with Crippen molar-refractivity contribution in [2.75, 3.05) is 6.54 Å². The van der Waals surface area contributed by atoms with Crippen molar-refractivity contribution in [1.82, 2.24) is 5.32 Å². The zero-order chi connectivity index (χ0) is 15.6. The van der Waals surface area contributed by atoms with Gasteiger partial charge in [-0.15, -0.1) is 0 Å². The summed E-state index contributed by atoms with van der Waals surface area (Å²) < 4.78 is 0.910. The first kappa shape index (κ1) is 15.5. The standard InChI is InChI=1S/C18H18INO2/c19-16-9-5-4-8-15(16)17(21)20-12-18(22,14-10-11-14)13-6-2-1-3-7-13/h1-9,14,22H,10-12H2,(H,20,21). The van der Waals surface area contributed by atoms with Gasteiger partial charge in [-0.05, 0) is 59.0 Å². The highest BCUT2D eigenvalue weighted by Gasteiger charge is 2.45. The number of amides is 1. The third kappa shape index (κ3) is 3.17. The van der Waals surface area contributed by atoms with Crippen LogP contribution in [-0.4, -0.2) is 17.6 Å². The molecule has 1 unspecified atom stereocenters. The second kappa shape index (κ2) is 6.38. The number of halogens is 1. The molecule has 0 aromatic heterocycles. The van der Waals surface area contributed by atoms with Crippen LogP contribution in [0.15, 0.2) is 54.6 Å². The summed E-state index contributed by atoms with van der Waals surface area (Å²) in [6.45, 7) is 0.242. The van der Waals surface area contributed by atoms with Crippen molar-refractivity contribution in [3.8, 4) is 0 Å². The average molecular weight is 407 g/mol. The quantitative estimate of drug-likeness (QED) is 0.748. The number of hydrogen-bond acceptors (Lipinski definition) is 2. The van der Waals surface area contributed by atoms with Crippen LogP contribution < -0.4 is 5.32 Å². The summed E-state index contributed by atoms with van der Waals surface area (Å²) in [6.07, 6.45) is 2.01. The minimum absolute atomic E-state index is 0.139. The van der Waals surface area contributed by atoms with Crippen LogP contribution in [0.4, 0.5) is 0 Å². The molecule has 1 amide bonds. The van der Waals surface area contributed by atoms with Gasteiger partial charge in [-0.25, -0.2) is 0 Å². The number of hydrogen-bond donors (Lipinski definition) is 2. The van der Waals surface area contributed by atoms with Crippen LogP contribution in [0, 0.1) is 9.49 Å². The molecule has 1 saturated carbocycles. The van der Waals surface area contributed by atoms with E-state index in [2.05, 4.69) is 27.9 Å². The van der Waals surface area contributed by atoms with Crippen molar-refractivity contribution >= 4 is 28.5 Å². The fraction of sp³-hybridized carbons (Fsp3) is 0.278. The molecule has 22 heavy (non-hydrogen) atoms. The van der Waals surface area contributed by atoms with Crippen molar-refractivity contribution in [3.05, 3.63) is 69.3 Å². The van der Waals surface area contributed by atoms with Crippen molar-refractivity contribution < 1.29 is 9.90 Å². The zero-order valence-corrected chi connectivity index (χ0v) is 14.3. The predicted molar refractivity (Wildman–Crippen MR) is 94.6 cm³/mol. The molecule has 0 saturated heterocycles. The van der Waals surface area contributed by atoms with Gasteiger partial charge in [0.1, 0.15) is 5.60 Å². The van der Waals surface area contributed by atoms with Crippen LogP contribution in [-0.2, 0) is 5.60 Å². The molecule has 0 bridgehead atoms. The van der Waals surface area contributed by atoms with Gasteiger partial charge in [0.15, 0.2) is 0 Å². The molecular weight excluding hydrogens is 389 g/mol. The summed E-state index contributed by atoms with van der Waals surface area (Å²) in [6, 6.07) is 17.1. The van der Waals surface area contributed by atoms with Crippen LogP contribution in [0.3, 0.4) is 0 Å². The van der Waals surface area contributed by atoms with Gasteiger partial charge >= 0.3 is 0 Å². The maximum Gasteiger partial charge on any atom is 0.252 e. The highest BCUT2D eigenvalue weighted by molar-refractivity contribution is 14.1. The molecule has 0 aliphatic heterocycles. The number of carbonyl (C=O) groups excluding carboxylic acids is 1. The van der Waals surface area contributed by atoms with E-state index in [0.29, 0.717) is 5.56 Å². The van der Waals surface area contributed by atoms with E-state index in [4.69, 9.17) is 0 Å². The Labute approximate surface area is 143 Å². The first-order chi connectivity index (χ1) is 10.6. The Kier molecular flexibility index (Phi) is 4.49. The maximum atomic E-state index is 12.4. The topological polar surface area (TPSA) is 49.3 Å². The van der Waals surface area contributed by atoms with Crippen molar-refractivity contribution in [3.63, 3.8) is 0 Å². The minimum atomic E-state index is -0.975. The van der Waals surface area contributed by atoms with E-state index in [9.17, 15) is 9.90 Å². The van der Waals surface area contributed by atoms with Crippen molar-refractivity contribution in [1.29, 1.82) is 0 Å². The van der Waals surface area contributed by atoms with E-state index in [-0.39, 0.29) is 18.4 Å². The Balaban J connectivity index is 1.76. The lowest BCUT2D eigenvalue weighted by Gasteiger charge is -2.29. The molecule has 3 nitrogen and oxygen atoms in total. The number of carbonyl (C=O) groups is 1. The fourth-order valence-corrected chi connectivity index (χ4v) is 3.36. The number of rotatable bonds is 5. The van der Waals surface area contributed by atoms with Gasteiger partial charge in [0.05, 0.1) is 12.1 Å². The molecular formula is C18H18INO2. The van der Waals surface area contributed by atoms with Crippen LogP contribution in [0.5, 0.6) is 0 Å². The van der Waals surface area contributed by atoms with Gasteiger partial charge in [-0.2, -0.15) is 0 Å². The molecule has 1 atom stereocenters. The fourth-order valence-electron chi connectivity index (χ4n) is 2.73. The Bertz CT molecular complexity index is 670. The SMILES string of the molecule is O=C(NCC(O)(c1ccccc1)C1CC1)c1ccccc1I. The molecule has 4 heteroatoms. The Morgan fingerprint density at radius 1 is 1.14 bits per heavy atom. The van der Waals surface area contributed by atoms with Crippen molar-refractivity contribution in [2.24, 2.45) is 5.92 Å². The predicted octanol–water partition coefficient (Wildman–Crippen LogP) is 3.32. The Morgan fingerprint density at radius 3 is 2.41 bits per heavy atom. The summed E-state index contributed by atoms with van der Waals surface area (Å²) in [5.41, 5.74) is 0.548. The van der Waals surface area contributed by atoms with E-state index in [1.807, 2.05) is 48.5 Å². The molecule has 2 aromatic rings. The lowest BCUT2D eigenvalue weighted by Crippen LogP contribution is -2.42. The highest BCUT2D eigenvalue weighted by Crippen LogP contribution is 2.45. The Hall–Kier alpha value is -1.40. The normalized spacial score (nSPS) is 16.8. The van der Waals surface area contributed by atoms with Crippen LogP contribution >= 0.6 is 22.6 Å². The lowest BCUT2D eigenvalue weighted by molar-refractivity contribution is 0.0135. The van der Waals surface area contributed by atoms with Gasteiger partial charge in [0, 0.05) is 3.57 Å². The minimum Gasteiger partial charge on any atom is -0.383 e. The summed E-state index contributed by atoms with van der Waals surface area (Å²) in [5.74, 6) is 0.0880. The van der Waals surface area contributed by atoms with Crippen LogP contribution in [0.2, 0.25) is 0 Å². The Morgan fingerprint density at radius 2 is 1.77 bits per heavy atom. The van der Waals surface area contributed by atoms with Gasteiger partial charge in [0.2, 0.25) is 0 Å². The zero-order valence-electron chi connectivity index (χ0n) is 12.1. The summed E-state index contributed by atoms with van der Waals surface area (Å²) in [4.78, 5) is 12.4. The lowest BCUT2D eigenvalue weighted by atomic mass is 9.88. The first-order valence-electron chi connectivity index (χ1n) is 7.42. The molecule has 1 aliphatic carbocycles. The molecule has 0 spiro atoms. The third-order valence-electron chi connectivity index (χ3n) is 4.16. The van der Waals surface area contributed by atoms with Gasteiger partial charge in [-0.3, -0.25) is 4.79 Å². The molecule has 0 radical (unpaired) electrons. The molecule has 3 rings (SSSR count). The number of aliphatic hydroxyl groups is 1. The summed E-state index contributed by atoms with van der Waals surface area (Å²) in [5, 5.41) is 14.0. The third-order valence-corrected chi connectivity index (χ3v) is 5.10. The molecule has 114 valence electrons. The molecule has 0 heterocycles. The maximum absolute atomic E-state index is 12.4. The summed E-state index contributed by atoms with van der Waals surface area (Å²) in [7, 11) is 0. The molecule has 1 aliphatic rings. The highest BCUT2D eigenvalue weighted by atomic mass is 127. The van der Waals surface area contributed by atoms with E-state index in [1.165, 1.54) is 0 Å². The van der Waals surface area contributed by atoms with Crippen LogP contribution in [0.1, 0.15) is 28.8 Å². The first-order valence-corrected chi connectivity index (χ1v) is 8.50. The molecule has 2 N–H and O–H groups in total. The second-order valence-electron chi connectivity index (χ2n) is 5.73. The monoisotopic (exact) mass is 407 g/mol. The van der Waals surface area contributed by atoms with Gasteiger partial charge in [0.25, 0.3) is 5.91 Å². The molecule has 1 fully saturated rings. The van der Waals surface area contributed by atoms with E-state index >= 15 is 0 Å². The van der Waals surface area contributed by atoms with E-state index < -0.39 is 5.60 Å². The number of nitrogens with one attached hydrogen (secondary N) is 1. The number of benzene rings is 2. The average Bonchev–Trinajstić information content (AvgIpc) is 3.39.